The van der Waals surface area contributed by atoms with Crippen molar-refractivity contribution < 1.29 is 4.74 Å². The zero-order valence-corrected chi connectivity index (χ0v) is 10.2. The number of benzene rings is 1. The minimum Gasteiger partial charge on any atom is -0.375 e. The maximum Gasteiger partial charge on any atom is 0.0717 e. The summed E-state index contributed by atoms with van der Waals surface area (Å²) in [6.45, 7) is 8.49. The van der Waals surface area contributed by atoms with Crippen molar-refractivity contribution in [1.82, 2.24) is 4.90 Å². The summed E-state index contributed by atoms with van der Waals surface area (Å²) in [7, 11) is 0. The molecule has 0 aromatic heterocycles. The molecule has 2 atom stereocenters. The fraction of sp³-hybridized carbons (Fsp3) is 0.571. The third-order valence-electron chi connectivity index (χ3n) is 3.16. The summed E-state index contributed by atoms with van der Waals surface area (Å²) in [5.41, 5.74) is 1.26. The van der Waals surface area contributed by atoms with Crippen LogP contribution in [-0.4, -0.2) is 30.6 Å². The van der Waals surface area contributed by atoms with E-state index in [1.807, 2.05) is 6.07 Å². The van der Waals surface area contributed by atoms with E-state index in [4.69, 9.17) is 4.74 Å². The minimum atomic E-state index is 0.737. The lowest BCUT2D eigenvalue weighted by atomic mass is 10.1. The highest BCUT2D eigenvalue weighted by Crippen LogP contribution is 2.24. The van der Waals surface area contributed by atoms with E-state index in [2.05, 4.69) is 43.0 Å². The van der Waals surface area contributed by atoms with Crippen molar-refractivity contribution in [2.75, 3.05) is 19.7 Å². The van der Waals surface area contributed by atoms with E-state index in [0.29, 0.717) is 0 Å². The Labute approximate surface area is 98.2 Å². The van der Waals surface area contributed by atoms with E-state index in [9.17, 15) is 0 Å². The topological polar surface area (TPSA) is 12.2 Å². The van der Waals surface area contributed by atoms with Gasteiger partial charge in [0, 0.05) is 19.1 Å². The molecule has 1 fully saturated rings. The lowest BCUT2D eigenvalue weighted by Crippen LogP contribution is -2.13. The van der Waals surface area contributed by atoms with Gasteiger partial charge in [-0.2, -0.15) is 0 Å². The molecule has 1 heterocycles. The van der Waals surface area contributed by atoms with Crippen LogP contribution in [0.2, 0.25) is 0 Å². The molecule has 1 aromatic rings. The van der Waals surface area contributed by atoms with Gasteiger partial charge in [-0.3, -0.25) is 4.90 Å². The van der Waals surface area contributed by atoms with Crippen molar-refractivity contribution in [3.05, 3.63) is 35.9 Å². The lowest BCUT2D eigenvalue weighted by molar-refractivity contribution is 0.111. The first-order chi connectivity index (χ1) is 7.77. The van der Waals surface area contributed by atoms with Gasteiger partial charge in [0.15, 0.2) is 0 Å². The van der Waals surface area contributed by atoms with Gasteiger partial charge in [0.2, 0.25) is 0 Å². The summed E-state index contributed by atoms with van der Waals surface area (Å²) in [6, 6.07) is 11.2. The quantitative estimate of drug-likeness (QED) is 0.538. The second-order valence-corrected chi connectivity index (χ2v) is 4.84. The Hall–Kier alpha value is -0.860. The molecular weight excluding hydrogens is 198 g/mol. The summed E-state index contributed by atoms with van der Waals surface area (Å²) >= 11 is 0. The molecule has 1 aromatic carbocycles. The zero-order chi connectivity index (χ0) is 11.4. The first-order valence-corrected chi connectivity index (χ1v) is 6.13. The minimum absolute atomic E-state index is 0.737. The SMILES string of the molecule is CC(C)[C@H]1CN1CCOCc1ccccc1. The third kappa shape index (κ3) is 3.32. The number of hydrogen-bond acceptors (Lipinski definition) is 2. The molecule has 0 bridgehead atoms. The molecule has 2 heteroatoms. The van der Waals surface area contributed by atoms with Crippen LogP contribution in [0, 0.1) is 5.92 Å². The molecule has 1 unspecified atom stereocenters. The molecule has 88 valence electrons. The maximum atomic E-state index is 5.66. The molecule has 2 rings (SSSR count). The second kappa shape index (κ2) is 5.46. The smallest absolute Gasteiger partial charge is 0.0717 e. The highest BCUT2D eigenvalue weighted by atomic mass is 16.5. The molecule has 0 radical (unpaired) electrons. The zero-order valence-electron chi connectivity index (χ0n) is 10.2. The second-order valence-electron chi connectivity index (χ2n) is 4.84. The molecular formula is C14H21NO. The fourth-order valence-corrected chi connectivity index (χ4v) is 2.03. The van der Waals surface area contributed by atoms with Crippen molar-refractivity contribution in [3.8, 4) is 0 Å². The summed E-state index contributed by atoms with van der Waals surface area (Å²) in [5, 5.41) is 0. The summed E-state index contributed by atoms with van der Waals surface area (Å²) in [5.74, 6) is 0.786. The molecule has 1 saturated heterocycles. The maximum absolute atomic E-state index is 5.66. The van der Waals surface area contributed by atoms with Crippen molar-refractivity contribution in [2.24, 2.45) is 5.92 Å². The Morgan fingerprint density at radius 2 is 2.06 bits per heavy atom. The van der Waals surface area contributed by atoms with Crippen LogP contribution in [0.15, 0.2) is 30.3 Å². The van der Waals surface area contributed by atoms with Crippen LogP contribution in [0.25, 0.3) is 0 Å². The standard InChI is InChI=1S/C14H21NO/c1-12(2)14-10-15(14)8-9-16-11-13-6-4-3-5-7-13/h3-7,12,14H,8-11H2,1-2H3/t14-,15?/m1/s1. The molecule has 2 nitrogen and oxygen atoms in total. The summed E-state index contributed by atoms with van der Waals surface area (Å²) < 4.78 is 5.66. The molecule has 0 N–H and O–H groups in total. The Kier molecular flexibility index (Phi) is 3.97. The summed E-state index contributed by atoms with van der Waals surface area (Å²) in [6.07, 6.45) is 0. The van der Waals surface area contributed by atoms with E-state index in [1.54, 1.807) is 0 Å². The van der Waals surface area contributed by atoms with Crippen molar-refractivity contribution in [2.45, 2.75) is 26.5 Å². The van der Waals surface area contributed by atoms with Gasteiger partial charge < -0.3 is 4.74 Å². The third-order valence-corrected chi connectivity index (χ3v) is 3.16. The molecule has 0 saturated carbocycles. The van der Waals surface area contributed by atoms with Gasteiger partial charge in [0.1, 0.15) is 0 Å². The van der Waals surface area contributed by atoms with Crippen LogP contribution in [0.1, 0.15) is 19.4 Å². The number of nitrogens with zero attached hydrogens (tertiary/aromatic N) is 1. The highest BCUT2D eigenvalue weighted by Gasteiger charge is 2.35. The number of rotatable bonds is 6. The average Bonchev–Trinajstić information content (AvgIpc) is 3.05. The van der Waals surface area contributed by atoms with E-state index >= 15 is 0 Å². The van der Waals surface area contributed by atoms with Gasteiger partial charge in [-0.15, -0.1) is 0 Å². The van der Waals surface area contributed by atoms with Gasteiger partial charge in [0.25, 0.3) is 0 Å². The van der Waals surface area contributed by atoms with Crippen LogP contribution >= 0.6 is 0 Å². The van der Waals surface area contributed by atoms with E-state index in [1.165, 1.54) is 12.1 Å². The first-order valence-electron chi connectivity index (χ1n) is 6.13. The van der Waals surface area contributed by atoms with Gasteiger partial charge in [-0.1, -0.05) is 44.2 Å². The van der Waals surface area contributed by atoms with Crippen LogP contribution < -0.4 is 0 Å². The van der Waals surface area contributed by atoms with E-state index in [0.717, 1.165) is 31.7 Å². The van der Waals surface area contributed by atoms with Crippen molar-refractivity contribution >= 4 is 0 Å². The predicted octanol–water partition coefficient (Wildman–Crippen LogP) is 2.54. The molecule has 1 aliphatic heterocycles. The average molecular weight is 219 g/mol. The van der Waals surface area contributed by atoms with E-state index < -0.39 is 0 Å². The summed E-state index contributed by atoms with van der Waals surface area (Å²) in [4.78, 5) is 2.48. The van der Waals surface area contributed by atoms with Gasteiger partial charge in [-0.25, -0.2) is 0 Å². The van der Waals surface area contributed by atoms with Crippen molar-refractivity contribution in [3.63, 3.8) is 0 Å². The van der Waals surface area contributed by atoms with Crippen LogP contribution in [0.5, 0.6) is 0 Å². The molecule has 1 aliphatic rings. The Morgan fingerprint density at radius 1 is 1.31 bits per heavy atom. The lowest BCUT2D eigenvalue weighted by Gasteiger charge is -2.07. The van der Waals surface area contributed by atoms with Gasteiger partial charge in [0.05, 0.1) is 13.2 Å². The largest absolute Gasteiger partial charge is 0.375 e. The first kappa shape index (κ1) is 11.6. The van der Waals surface area contributed by atoms with Gasteiger partial charge in [-0.05, 0) is 11.5 Å². The Bertz CT molecular complexity index is 310. The molecule has 0 spiro atoms. The predicted molar refractivity (Wildman–Crippen MR) is 66.3 cm³/mol. The van der Waals surface area contributed by atoms with Crippen LogP contribution in [-0.2, 0) is 11.3 Å². The monoisotopic (exact) mass is 219 g/mol. The molecule has 0 aliphatic carbocycles. The Morgan fingerprint density at radius 3 is 2.69 bits per heavy atom. The van der Waals surface area contributed by atoms with E-state index in [-0.39, 0.29) is 0 Å². The van der Waals surface area contributed by atoms with Crippen LogP contribution in [0.3, 0.4) is 0 Å². The van der Waals surface area contributed by atoms with Crippen molar-refractivity contribution in [1.29, 1.82) is 0 Å². The van der Waals surface area contributed by atoms with Gasteiger partial charge >= 0.3 is 0 Å². The molecule has 0 amide bonds. The fourth-order valence-electron chi connectivity index (χ4n) is 2.03. The number of ether oxygens (including phenoxy) is 1. The normalized spacial score (nSPS) is 23.7. The molecule has 16 heavy (non-hydrogen) atoms. The Balaban J connectivity index is 1.57. The number of hydrogen-bond donors (Lipinski definition) is 0. The van der Waals surface area contributed by atoms with Crippen LogP contribution in [0.4, 0.5) is 0 Å². The highest BCUT2D eigenvalue weighted by molar-refractivity contribution is 5.13.